The number of nitrogens with zero attached hydrogens (tertiary/aromatic N) is 4. The van der Waals surface area contributed by atoms with Crippen LogP contribution < -0.4 is 0 Å². The Bertz CT molecular complexity index is 832. The molecule has 0 radical (unpaired) electrons. The molecule has 4 rings (SSSR count). The van der Waals surface area contributed by atoms with E-state index in [1.54, 1.807) is 0 Å². The van der Waals surface area contributed by atoms with E-state index in [-0.39, 0.29) is 17.7 Å². The van der Waals surface area contributed by atoms with Gasteiger partial charge in [0.15, 0.2) is 9.84 Å². The summed E-state index contributed by atoms with van der Waals surface area (Å²) in [6.45, 7) is 8.07. The van der Waals surface area contributed by atoms with Gasteiger partial charge in [-0.2, -0.15) is 0 Å². The van der Waals surface area contributed by atoms with E-state index in [4.69, 9.17) is 11.6 Å². The van der Waals surface area contributed by atoms with Crippen LogP contribution in [0, 0.1) is 0 Å². The summed E-state index contributed by atoms with van der Waals surface area (Å²) < 4.78 is 23.4. The molecular weight excluding hydrogens is 424 g/mol. The van der Waals surface area contributed by atoms with Crippen molar-refractivity contribution in [3.8, 4) is 0 Å². The number of halogens is 1. The minimum atomic E-state index is -2.86. The number of rotatable bonds is 5. The van der Waals surface area contributed by atoms with Gasteiger partial charge in [-0.25, -0.2) is 8.42 Å². The molecule has 0 aromatic heterocycles. The van der Waals surface area contributed by atoms with E-state index in [1.807, 2.05) is 17.0 Å². The van der Waals surface area contributed by atoms with Crippen molar-refractivity contribution >= 4 is 27.3 Å². The maximum absolute atomic E-state index is 12.7. The van der Waals surface area contributed by atoms with Gasteiger partial charge < -0.3 is 4.90 Å². The van der Waals surface area contributed by atoms with Gasteiger partial charge >= 0.3 is 0 Å². The molecule has 3 aliphatic heterocycles. The fourth-order valence-corrected chi connectivity index (χ4v) is 6.53. The maximum atomic E-state index is 12.7. The molecular formula is C21H31ClN4O3S. The van der Waals surface area contributed by atoms with Crippen LogP contribution in [0.1, 0.15) is 12.0 Å². The van der Waals surface area contributed by atoms with Crippen LogP contribution in [0.15, 0.2) is 24.3 Å². The van der Waals surface area contributed by atoms with Crippen molar-refractivity contribution in [2.75, 3.05) is 70.4 Å². The van der Waals surface area contributed by atoms with E-state index in [1.165, 1.54) is 5.56 Å². The van der Waals surface area contributed by atoms with Crippen molar-refractivity contribution in [3.05, 3.63) is 34.9 Å². The molecule has 0 bridgehead atoms. The van der Waals surface area contributed by atoms with Gasteiger partial charge in [-0.3, -0.25) is 19.5 Å². The van der Waals surface area contributed by atoms with Gasteiger partial charge in [0.05, 0.1) is 18.1 Å². The van der Waals surface area contributed by atoms with Crippen LogP contribution in [0.2, 0.25) is 5.02 Å². The smallest absolute Gasteiger partial charge is 0.236 e. The predicted octanol–water partition coefficient (Wildman–Crippen LogP) is 0.789. The van der Waals surface area contributed by atoms with Gasteiger partial charge in [0.1, 0.15) is 0 Å². The molecule has 3 fully saturated rings. The molecule has 7 nitrogen and oxygen atoms in total. The Labute approximate surface area is 184 Å². The molecule has 3 aliphatic rings. The van der Waals surface area contributed by atoms with E-state index in [2.05, 4.69) is 26.8 Å². The minimum Gasteiger partial charge on any atom is -0.339 e. The number of piperazine rings is 2. The van der Waals surface area contributed by atoms with E-state index in [0.29, 0.717) is 25.4 Å². The second-order valence-electron chi connectivity index (χ2n) is 8.65. The second kappa shape index (κ2) is 9.53. The number of hydrogen-bond acceptors (Lipinski definition) is 6. The SMILES string of the molecule is O=C(CN1CCN(Cc2ccc(Cl)cc2)CC1)N1CCN(C2CCS(=O)(=O)C2)CC1. The highest BCUT2D eigenvalue weighted by Gasteiger charge is 2.34. The lowest BCUT2D eigenvalue weighted by molar-refractivity contribution is -0.134. The largest absolute Gasteiger partial charge is 0.339 e. The molecule has 1 amide bonds. The zero-order chi connectivity index (χ0) is 21.1. The Kier molecular flexibility index (Phi) is 6.99. The molecule has 1 atom stereocenters. The number of hydrogen-bond donors (Lipinski definition) is 0. The molecule has 0 aliphatic carbocycles. The predicted molar refractivity (Wildman–Crippen MR) is 118 cm³/mol. The first-order valence-corrected chi connectivity index (χ1v) is 13.0. The van der Waals surface area contributed by atoms with E-state index in [0.717, 1.165) is 57.3 Å². The molecule has 166 valence electrons. The van der Waals surface area contributed by atoms with Crippen LogP contribution in [0.25, 0.3) is 0 Å². The van der Waals surface area contributed by atoms with E-state index in [9.17, 15) is 13.2 Å². The molecule has 0 saturated carbocycles. The Morgan fingerprint density at radius 1 is 0.933 bits per heavy atom. The molecule has 1 unspecified atom stereocenters. The van der Waals surface area contributed by atoms with Crippen LogP contribution in [0.4, 0.5) is 0 Å². The Morgan fingerprint density at radius 3 is 2.17 bits per heavy atom. The van der Waals surface area contributed by atoms with Crippen LogP contribution in [-0.2, 0) is 21.2 Å². The van der Waals surface area contributed by atoms with Gasteiger partial charge in [-0.15, -0.1) is 0 Å². The molecule has 1 aromatic rings. The Balaban J connectivity index is 1.17. The molecule has 9 heteroatoms. The standard InChI is InChI=1S/C21H31ClN4O3S/c22-19-3-1-18(2-4-19)15-23-6-8-24(9-7-23)16-21(27)26-12-10-25(11-13-26)20-5-14-30(28,29)17-20/h1-4,20H,5-17H2. The van der Waals surface area contributed by atoms with Gasteiger partial charge in [0.2, 0.25) is 5.91 Å². The van der Waals surface area contributed by atoms with Gasteiger partial charge in [0, 0.05) is 70.0 Å². The summed E-state index contributed by atoms with van der Waals surface area (Å²) >= 11 is 5.96. The fraction of sp³-hybridized carbons (Fsp3) is 0.667. The average molecular weight is 455 g/mol. The summed E-state index contributed by atoms with van der Waals surface area (Å²) in [5.74, 6) is 0.780. The average Bonchev–Trinajstić information content (AvgIpc) is 3.11. The van der Waals surface area contributed by atoms with Crippen molar-refractivity contribution in [3.63, 3.8) is 0 Å². The molecule has 30 heavy (non-hydrogen) atoms. The third kappa shape index (κ3) is 5.73. The number of carbonyl (C=O) groups excluding carboxylic acids is 1. The van der Waals surface area contributed by atoms with Crippen molar-refractivity contribution in [1.29, 1.82) is 0 Å². The van der Waals surface area contributed by atoms with Crippen LogP contribution in [0.3, 0.4) is 0 Å². The highest BCUT2D eigenvalue weighted by Crippen LogP contribution is 2.19. The minimum absolute atomic E-state index is 0.140. The second-order valence-corrected chi connectivity index (χ2v) is 11.3. The zero-order valence-electron chi connectivity index (χ0n) is 17.4. The van der Waals surface area contributed by atoms with Crippen molar-refractivity contribution in [1.82, 2.24) is 19.6 Å². The number of carbonyl (C=O) groups is 1. The van der Waals surface area contributed by atoms with Gasteiger partial charge in [-0.1, -0.05) is 23.7 Å². The summed E-state index contributed by atoms with van der Waals surface area (Å²) in [6, 6.07) is 8.13. The normalized spacial score (nSPS) is 26.2. The van der Waals surface area contributed by atoms with Crippen LogP contribution in [0.5, 0.6) is 0 Å². The number of benzene rings is 1. The molecule has 0 N–H and O–H groups in total. The molecule has 1 aromatic carbocycles. The summed E-state index contributed by atoms with van der Waals surface area (Å²) in [5, 5.41) is 0.760. The lowest BCUT2D eigenvalue weighted by Gasteiger charge is -2.39. The number of amides is 1. The van der Waals surface area contributed by atoms with Gasteiger partial charge in [0.25, 0.3) is 0 Å². The first kappa shape index (κ1) is 22.0. The fourth-order valence-electron chi connectivity index (χ4n) is 4.64. The maximum Gasteiger partial charge on any atom is 0.236 e. The first-order valence-electron chi connectivity index (χ1n) is 10.8. The molecule has 3 saturated heterocycles. The summed E-state index contributed by atoms with van der Waals surface area (Å²) in [7, 11) is -2.86. The first-order chi connectivity index (χ1) is 14.4. The van der Waals surface area contributed by atoms with Gasteiger partial charge in [-0.05, 0) is 24.1 Å². The van der Waals surface area contributed by atoms with E-state index < -0.39 is 9.84 Å². The monoisotopic (exact) mass is 454 g/mol. The molecule has 0 spiro atoms. The van der Waals surface area contributed by atoms with Crippen molar-refractivity contribution < 1.29 is 13.2 Å². The number of sulfone groups is 1. The quantitative estimate of drug-likeness (QED) is 0.655. The Morgan fingerprint density at radius 2 is 1.57 bits per heavy atom. The zero-order valence-corrected chi connectivity index (χ0v) is 19.0. The lowest BCUT2D eigenvalue weighted by Crippen LogP contribution is -2.55. The summed E-state index contributed by atoms with van der Waals surface area (Å²) in [6.07, 6.45) is 0.733. The molecule has 3 heterocycles. The van der Waals surface area contributed by atoms with Crippen LogP contribution >= 0.6 is 11.6 Å². The summed E-state index contributed by atoms with van der Waals surface area (Å²) in [5.41, 5.74) is 1.26. The highest BCUT2D eigenvalue weighted by atomic mass is 35.5. The third-order valence-corrected chi connectivity index (χ3v) is 8.54. The van der Waals surface area contributed by atoms with E-state index >= 15 is 0 Å². The lowest BCUT2D eigenvalue weighted by atomic mass is 10.2. The Hall–Kier alpha value is -1.19. The third-order valence-electron chi connectivity index (χ3n) is 6.53. The topological polar surface area (TPSA) is 64.2 Å². The van der Waals surface area contributed by atoms with Crippen molar-refractivity contribution in [2.24, 2.45) is 0 Å². The highest BCUT2D eigenvalue weighted by molar-refractivity contribution is 7.91. The van der Waals surface area contributed by atoms with Crippen molar-refractivity contribution in [2.45, 2.75) is 19.0 Å². The summed E-state index contributed by atoms with van der Waals surface area (Å²) in [4.78, 5) is 21.6. The van der Waals surface area contributed by atoms with Crippen LogP contribution in [-0.4, -0.2) is 110 Å².